The van der Waals surface area contributed by atoms with E-state index in [9.17, 15) is 23.8 Å². The Morgan fingerprint density at radius 3 is 2.54 bits per heavy atom. The first-order valence-corrected chi connectivity index (χ1v) is 9.83. The van der Waals surface area contributed by atoms with Crippen molar-refractivity contribution in [1.82, 2.24) is 9.97 Å². The average molecular weight is 399 g/mol. The summed E-state index contributed by atoms with van der Waals surface area (Å²) in [4.78, 5) is 21.1. The lowest BCUT2D eigenvalue weighted by atomic mass is 9.65. The first kappa shape index (κ1) is 22.5. The highest BCUT2D eigenvalue weighted by Gasteiger charge is 2.53. The molecule has 158 valence electrons. The summed E-state index contributed by atoms with van der Waals surface area (Å²) < 4.78 is 29.1. The molecular weight excluding hydrogens is 368 g/mol. The number of carboxylic acid groups (broad SMARTS) is 1. The van der Waals surface area contributed by atoms with Crippen molar-refractivity contribution in [2.24, 2.45) is 11.3 Å². The number of hydrogen-bond donors (Lipinski definition) is 2. The van der Waals surface area contributed by atoms with Crippen molar-refractivity contribution in [1.29, 1.82) is 0 Å². The van der Waals surface area contributed by atoms with Crippen LogP contribution in [0.2, 0.25) is 0 Å². The summed E-state index contributed by atoms with van der Waals surface area (Å²) in [7, 11) is 0. The van der Waals surface area contributed by atoms with Crippen LogP contribution in [0.3, 0.4) is 0 Å². The molecule has 1 aliphatic carbocycles. The van der Waals surface area contributed by atoms with Gasteiger partial charge in [-0.1, -0.05) is 26.7 Å². The summed E-state index contributed by atoms with van der Waals surface area (Å²) in [5.74, 6) is -2.78. The van der Waals surface area contributed by atoms with Gasteiger partial charge in [-0.25, -0.2) is 18.6 Å². The van der Waals surface area contributed by atoms with E-state index in [2.05, 4.69) is 9.97 Å². The van der Waals surface area contributed by atoms with Crippen molar-refractivity contribution < 1.29 is 23.8 Å². The SMILES string of the molecule is CCCC[C@]1(C)CC(CN(C(=O)O)c2cnc(C(C)(C)O)cn2)CCC1(F)F. The quantitative estimate of drug-likeness (QED) is 0.686. The van der Waals surface area contributed by atoms with Crippen molar-refractivity contribution in [2.45, 2.75) is 77.7 Å². The third-order valence-electron chi connectivity index (χ3n) is 5.78. The lowest BCUT2D eigenvalue weighted by Crippen LogP contribution is -2.47. The summed E-state index contributed by atoms with van der Waals surface area (Å²) in [5.41, 5.74) is -1.98. The number of carbonyl (C=O) groups is 1. The van der Waals surface area contributed by atoms with E-state index >= 15 is 0 Å². The van der Waals surface area contributed by atoms with Gasteiger partial charge in [0, 0.05) is 18.4 Å². The number of aliphatic hydroxyl groups is 1. The summed E-state index contributed by atoms with van der Waals surface area (Å²) >= 11 is 0. The molecule has 2 rings (SSSR count). The minimum atomic E-state index is -2.74. The second-order valence-corrected chi connectivity index (χ2v) is 8.69. The molecule has 0 aromatic carbocycles. The summed E-state index contributed by atoms with van der Waals surface area (Å²) in [5, 5.41) is 19.6. The number of unbranched alkanes of at least 4 members (excludes halogenated alkanes) is 1. The van der Waals surface area contributed by atoms with E-state index in [0.29, 0.717) is 12.1 Å². The van der Waals surface area contributed by atoms with Gasteiger partial charge in [-0.05, 0) is 39.0 Å². The van der Waals surface area contributed by atoms with Crippen LogP contribution in [0.15, 0.2) is 12.4 Å². The zero-order chi connectivity index (χ0) is 21.2. The zero-order valence-electron chi connectivity index (χ0n) is 17.1. The smallest absolute Gasteiger partial charge is 0.413 e. The first-order chi connectivity index (χ1) is 12.9. The predicted molar refractivity (Wildman–Crippen MR) is 103 cm³/mol. The zero-order valence-corrected chi connectivity index (χ0v) is 17.1. The van der Waals surface area contributed by atoms with Gasteiger partial charge in [0.1, 0.15) is 5.60 Å². The van der Waals surface area contributed by atoms with Crippen LogP contribution in [0.1, 0.15) is 71.9 Å². The minimum absolute atomic E-state index is 0.101. The number of alkyl halides is 2. The highest BCUT2D eigenvalue weighted by atomic mass is 19.3. The molecule has 1 fully saturated rings. The molecule has 8 heteroatoms. The molecule has 0 saturated heterocycles. The maximum absolute atomic E-state index is 14.5. The Balaban J connectivity index is 2.17. The summed E-state index contributed by atoms with van der Waals surface area (Å²) in [6.07, 6.45) is 3.77. The molecule has 0 aliphatic heterocycles. The Morgan fingerprint density at radius 2 is 2.04 bits per heavy atom. The molecule has 1 aromatic heterocycles. The second kappa shape index (κ2) is 8.27. The molecule has 1 heterocycles. The van der Waals surface area contributed by atoms with Gasteiger partial charge in [-0.2, -0.15) is 0 Å². The number of hydrogen-bond acceptors (Lipinski definition) is 4. The molecule has 2 N–H and O–H groups in total. The largest absolute Gasteiger partial charge is 0.465 e. The van der Waals surface area contributed by atoms with E-state index in [1.807, 2.05) is 6.92 Å². The van der Waals surface area contributed by atoms with Crippen molar-refractivity contribution in [3.63, 3.8) is 0 Å². The topological polar surface area (TPSA) is 86.6 Å². The maximum Gasteiger partial charge on any atom is 0.413 e. The lowest BCUT2D eigenvalue weighted by molar-refractivity contribution is -0.156. The highest BCUT2D eigenvalue weighted by molar-refractivity contribution is 5.84. The number of rotatable bonds is 7. The number of nitrogens with zero attached hydrogens (tertiary/aromatic N) is 3. The predicted octanol–water partition coefficient (Wildman–Crippen LogP) is 4.82. The average Bonchev–Trinajstić information content (AvgIpc) is 2.60. The first-order valence-electron chi connectivity index (χ1n) is 9.83. The monoisotopic (exact) mass is 399 g/mol. The molecule has 0 radical (unpaired) electrons. The van der Waals surface area contributed by atoms with Gasteiger partial charge < -0.3 is 10.2 Å². The van der Waals surface area contributed by atoms with Crippen LogP contribution < -0.4 is 4.90 Å². The van der Waals surface area contributed by atoms with E-state index in [1.165, 1.54) is 12.4 Å². The fourth-order valence-corrected chi connectivity index (χ4v) is 3.89. The molecule has 2 atom stereocenters. The van der Waals surface area contributed by atoms with E-state index in [1.54, 1.807) is 20.8 Å². The fraction of sp³-hybridized carbons (Fsp3) is 0.750. The van der Waals surface area contributed by atoms with Gasteiger partial charge in [-0.3, -0.25) is 9.88 Å². The summed E-state index contributed by atoms with van der Waals surface area (Å²) in [6, 6.07) is 0. The Morgan fingerprint density at radius 1 is 1.36 bits per heavy atom. The number of aromatic nitrogens is 2. The summed E-state index contributed by atoms with van der Waals surface area (Å²) in [6.45, 7) is 6.82. The maximum atomic E-state index is 14.5. The van der Waals surface area contributed by atoms with Gasteiger partial charge in [0.2, 0.25) is 0 Å². The van der Waals surface area contributed by atoms with Crippen LogP contribution in [0.4, 0.5) is 19.4 Å². The van der Waals surface area contributed by atoms with Crippen molar-refractivity contribution >= 4 is 11.9 Å². The molecule has 1 unspecified atom stereocenters. The van der Waals surface area contributed by atoms with Gasteiger partial charge in [0.05, 0.1) is 18.1 Å². The van der Waals surface area contributed by atoms with Crippen LogP contribution in [-0.4, -0.2) is 38.7 Å². The van der Waals surface area contributed by atoms with Crippen LogP contribution in [-0.2, 0) is 5.60 Å². The second-order valence-electron chi connectivity index (χ2n) is 8.69. The molecule has 1 aromatic rings. The van der Waals surface area contributed by atoms with Gasteiger partial charge >= 0.3 is 6.09 Å². The number of anilines is 1. The van der Waals surface area contributed by atoms with Crippen molar-refractivity contribution in [3.05, 3.63) is 18.1 Å². The molecule has 28 heavy (non-hydrogen) atoms. The fourth-order valence-electron chi connectivity index (χ4n) is 3.89. The molecule has 6 nitrogen and oxygen atoms in total. The van der Waals surface area contributed by atoms with E-state index in [4.69, 9.17) is 0 Å². The van der Waals surface area contributed by atoms with Crippen molar-refractivity contribution in [2.75, 3.05) is 11.4 Å². The highest BCUT2D eigenvalue weighted by Crippen LogP contribution is 2.52. The van der Waals surface area contributed by atoms with Crippen LogP contribution in [0.5, 0.6) is 0 Å². The minimum Gasteiger partial charge on any atom is -0.465 e. The van der Waals surface area contributed by atoms with Gasteiger partial charge in [-0.15, -0.1) is 0 Å². The molecular formula is C20H31F2N3O3. The lowest BCUT2D eigenvalue weighted by Gasteiger charge is -2.45. The Hall–Kier alpha value is -1.83. The number of halogens is 2. The van der Waals surface area contributed by atoms with Gasteiger partial charge in [0.15, 0.2) is 5.82 Å². The van der Waals surface area contributed by atoms with Crippen LogP contribution in [0.25, 0.3) is 0 Å². The molecule has 1 saturated carbocycles. The molecule has 1 aliphatic rings. The third kappa shape index (κ3) is 4.96. The van der Waals surface area contributed by atoms with Crippen LogP contribution >= 0.6 is 0 Å². The molecule has 0 bridgehead atoms. The van der Waals surface area contributed by atoms with Crippen molar-refractivity contribution in [3.8, 4) is 0 Å². The third-order valence-corrected chi connectivity index (χ3v) is 5.78. The van der Waals surface area contributed by atoms with E-state index in [0.717, 1.165) is 17.7 Å². The molecule has 0 spiro atoms. The molecule has 1 amide bonds. The van der Waals surface area contributed by atoms with Gasteiger partial charge in [0.25, 0.3) is 5.92 Å². The normalized spacial score (nSPS) is 24.8. The van der Waals surface area contributed by atoms with E-state index < -0.39 is 23.0 Å². The number of amides is 1. The Kier molecular flexibility index (Phi) is 6.63. The standard InChI is InChI=1S/C20H31F2N3O3/c1-5-6-8-19(4)10-14(7-9-20(19,21)22)13-25(17(26)27)16-12-23-15(11-24-16)18(2,3)28/h11-12,14,28H,5-10,13H2,1-4H3,(H,26,27)/t14?,19-/m1/s1. The Bertz CT molecular complexity index is 676. The Labute approximate surface area is 165 Å². The van der Waals surface area contributed by atoms with E-state index in [-0.39, 0.29) is 37.5 Å². The van der Waals surface area contributed by atoms with Crippen LogP contribution in [0, 0.1) is 11.3 Å².